The summed E-state index contributed by atoms with van der Waals surface area (Å²) >= 11 is 0. The molecule has 0 spiro atoms. The Morgan fingerprint density at radius 3 is 2.43 bits per heavy atom. The predicted octanol–water partition coefficient (Wildman–Crippen LogP) is 5.32. The molecule has 5 nitrogen and oxygen atoms in total. The van der Waals surface area contributed by atoms with Gasteiger partial charge in [0, 0.05) is 12.6 Å². The molecule has 0 aliphatic carbocycles. The van der Waals surface area contributed by atoms with Crippen LogP contribution in [0.15, 0.2) is 54.7 Å². The van der Waals surface area contributed by atoms with Crippen LogP contribution in [-0.2, 0) is 30.2 Å². The maximum absolute atomic E-state index is 13.8. The van der Waals surface area contributed by atoms with Gasteiger partial charge in [-0.1, -0.05) is 55.5 Å². The van der Waals surface area contributed by atoms with Crippen LogP contribution in [0.25, 0.3) is 0 Å². The number of alkyl halides is 3. The second-order valence-electron chi connectivity index (χ2n) is 9.65. The van der Waals surface area contributed by atoms with Crippen LogP contribution in [-0.4, -0.2) is 29.0 Å². The van der Waals surface area contributed by atoms with Crippen molar-refractivity contribution in [3.8, 4) is 0 Å². The molecule has 37 heavy (non-hydrogen) atoms. The monoisotopic (exact) mass is 510 g/mol. The molecule has 3 N–H and O–H groups in total. The van der Waals surface area contributed by atoms with E-state index in [1.54, 1.807) is 0 Å². The smallest absolute Gasteiger partial charge is 0.369 e. The van der Waals surface area contributed by atoms with E-state index in [0.29, 0.717) is 31.0 Å². The average Bonchev–Trinajstić information content (AvgIpc) is 2.89. The van der Waals surface area contributed by atoms with Gasteiger partial charge in [0.1, 0.15) is 5.82 Å². The van der Waals surface area contributed by atoms with E-state index in [-0.39, 0.29) is 12.1 Å². The number of primary amides is 1. The van der Waals surface area contributed by atoms with Crippen LogP contribution in [0.1, 0.15) is 77.4 Å². The van der Waals surface area contributed by atoms with Gasteiger partial charge in [-0.25, -0.2) is 9.97 Å². The van der Waals surface area contributed by atoms with Gasteiger partial charge in [-0.05, 0) is 73.4 Å². The van der Waals surface area contributed by atoms with Gasteiger partial charge in [-0.15, -0.1) is 0 Å². The molecule has 196 valence electrons. The van der Waals surface area contributed by atoms with Crippen molar-refractivity contribution in [3.05, 3.63) is 94.1 Å². The highest BCUT2D eigenvalue weighted by atomic mass is 19.4. The normalized spacial score (nSPS) is 15.5. The number of aryl methyl sites for hydroxylation is 2. The first-order valence-electron chi connectivity index (χ1n) is 12.8. The Hall–Kier alpha value is -3.26. The molecule has 0 unspecified atom stereocenters. The Balaban J connectivity index is 1.54. The minimum absolute atomic E-state index is 0.0363. The van der Waals surface area contributed by atoms with Gasteiger partial charge in [-0.3, -0.25) is 4.79 Å². The number of nitrogens with one attached hydrogen (secondary N) is 1. The molecule has 1 aliphatic heterocycles. The molecule has 1 aliphatic rings. The molecule has 1 aromatic heterocycles. The molecule has 1 fully saturated rings. The maximum Gasteiger partial charge on any atom is 0.419 e. The summed E-state index contributed by atoms with van der Waals surface area (Å²) in [5.74, 6) is -0.0306. The first kappa shape index (κ1) is 26.8. The number of nitrogens with zero attached hydrogens (tertiary/aromatic N) is 2. The van der Waals surface area contributed by atoms with Gasteiger partial charge in [0.2, 0.25) is 5.91 Å². The summed E-state index contributed by atoms with van der Waals surface area (Å²) in [6, 6.07) is 15.5. The summed E-state index contributed by atoms with van der Waals surface area (Å²) in [5, 5.41) is 3.37. The standard InChI is InChI=1S/C29H33F3N4O/c1-2-23(28(33)37)24-6-4-3-5-22(24)11-12-26-25(29(30,31)32)18-35-27(36-26)17-19-7-9-20(10-8-19)21-13-15-34-16-14-21/h3-10,18,21,23,34H,2,11-17H2,1H3,(H2,33,37)/t23-/m1/s1. The van der Waals surface area contributed by atoms with Crippen molar-refractivity contribution >= 4 is 5.91 Å². The molecule has 3 aromatic rings. The maximum atomic E-state index is 13.8. The van der Waals surface area contributed by atoms with Gasteiger partial charge < -0.3 is 11.1 Å². The van der Waals surface area contributed by atoms with E-state index in [2.05, 4.69) is 27.4 Å². The van der Waals surface area contributed by atoms with E-state index in [9.17, 15) is 18.0 Å². The minimum atomic E-state index is -4.55. The third kappa shape index (κ3) is 6.74. The van der Waals surface area contributed by atoms with E-state index in [1.807, 2.05) is 43.3 Å². The number of hydrogen-bond acceptors (Lipinski definition) is 4. The van der Waals surface area contributed by atoms with E-state index >= 15 is 0 Å². The van der Waals surface area contributed by atoms with Crippen LogP contribution in [0.2, 0.25) is 0 Å². The van der Waals surface area contributed by atoms with Crippen LogP contribution < -0.4 is 11.1 Å². The Morgan fingerprint density at radius 1 is 1.08 bits per heavy atom. The molecule has 0 bridgehead atoms. The third-order valence-electron chi connectivity index (χ3n) is 7.19. The lowest BCUT2D eigenvalue weighted by Gasteiger charge is -2.23. The largest absolute Gasteiger partial charge is 0.419 e. The van der Waals surface area contributed by atoms with Crippen molar-refractivity contribution in [2.45, 2.75) is 63.5 Å². The lowest BCUT2D eigenvalue weighted by Crippen LogP contribution is -2.26. The SMILES string of the molecule is CC[C@@H](C(N)=O)c1ccccc1CCc1nc(Cc2ccc(C3CCNCC3)cc2)ncc1C(F)(F)F. The summed E-state index contributed by atoms with van der Waals surface area (Å²) in [6.07, 6.45) is -0.190. The first-order chi connectivity index (χ1) is 17.8. The molecular weight excluding hydrogens is 477 g/mol. The molecule has 1 saturated heterocycles. The zero-order valence-electron chi connectivity index (χ0n) is 21.0. The number of benzene rings is 2. The van der Waals surface area contributed by atoms with Crippen molar-refractivity contribution in [2.24, 2.45) is 5.73 Å². The van der Waals surface area contributed by atoms with Crippen molar-refractivity contribution < 1.29 is 18.0 Å². The minimum Gasteiger partial charge on any atom is -0.369 e. The molecule has 2 aromatic carbocycles. The average molecular weight is 511 g/mol. The molecule has 0 saturated carbocycles. The molecule has 8 heteroatoms. The van der Waals surface area contributed by atoms with Gasteiger partial charge in [0.15, 0.2) is 0 Å². The van der Waals surface area contributed by atoms with Gasteiger partial charge >= 0.3 is 6.18 Å². The highest BCUT2D eigenvalue weighted by molar-refractivity contribution is 5.82. The number of nitrogens with two attached hydrogens (primary N) is 1. The zero-order valence-corrected chi connectivity index (χ0v) is 21.0. The fourth-order valence-electron chi connectivity index (χ4n) is 5.15. The van der Waals surface area contributed by atoms with Crippen molar-refractivity contribution in [3.63, 3.8) is 0 Å². The van der Waals surface area contributed by atoms with Crippen LogP contribution in [0.3, 0.4) is 0 Å². The number of carbonyl (C=O) groups excluding carboxylic acids is 1. The molecule has 1 amide bonds. The highest BCUT2D eigenvalue weighted by Crippen LogP contribution is 2.32. The van der Waals surface area contributed by atoms with Crippen LogP contribution in [0.5, 0.6) is 0 Å². The van der Waals surface area contributed by atoms with Crippen molar-refractivity contribution in [2.75, 3.05) is 13.1 Å². The van der Waals surface area contributed by atoms with E-state index < -0.39 is 23.6 Å². The number of aromatic nitrogens is 2. The first-order valence-corrected chi connectivity index (χ1v) is 12.8. The summed E-state index contributed by atoms with van der Waals surface area (Å²) in [4.78, 5) is 20.3. The number of rotatable bonds is 9. The Bertz CT molecular complexity index is 1200. The fourth-order valence-corrected chi connectivity index (χ4v) is 5.15. The third-order valence-corrected chi connectivity index (χ3v) is 7.19. The second-order valence-corrected chi connectivity index (χ2v) is 9.65. The van der Waals surface area contributed by atoms with Crippen molar-refractivity contribution in [1.29, 1.82) is 0 Å². The van der Waals surface area contributed by atoms with Crippen molar-refractivity contribution in [1.82, 2.24) is 15.3 Å². The summed E-state index contributed by atoms with van der Waals surface area (Å²) in [6.45, 7) is 3.89. The Morgan fingerprint density at radius 2 is 1.78 bits per heavy atom. The quantitative estimate of drug-likeness (QED) is 0.409. The molecule has 1 atom stereocenters. The summed E-state index contributed by atoms with van der Waals surface area (Å²) < 4.78 is 41.3. The number of hydrogen-bond donors (Lipinski definition) is 2. The lowest BCUT2D eigenvalue weighted by atomic mass is 9.89. The predicted molar refractivity (Wildman–Crippen MR) is 137 cm³/mol. The molecule has 2 heterocycles. The topological polar surface area (TPSA) is 80.9 Å². The number of carbonyl (C=O) groups is 1. The van der Waals surface area contributed by atoms with Crippen LogP contribution in [0.4, 0.5) is 13.2 Å². The van der Waals surface area contributed by atoms with E-state index in [0.717, 1.165) is 48.8 Å². The number of piperidine rings is 1. The Labute approximate surface area is 215 Å². The second kappa shape index (κ2) is 11.9. The lowest BCUT2D eigenvalue weighted by molar-refractivity contribution is -0.138. The molecule has 4 rings (SSSR count). The molecule has 0 radical (unpaired) electrons. The van der Waals surface area contributed by atoms with Gasteiger partial charge in [-0.2, -0.15) is 13.2 Å². The van der Waals surface area contributed by atoms with Gasteiger partial charge in [0.25, 0.3) is 0 Å². The Kier molecular flexibility index (Phi) is 8.59. The van der Waals surface area contributed by atoms with E-state index in [4.69, 9.17) is 5.73 Å². The highest BCUT2D eigenvalue weighted by Gasteiger charge is 2.35. The fraction of sp³-hybridized carbons (Fsp3) is 0.414. The number of halogens is 3. The summed E-state index contributed by atoms with van der Waals surface area (Å²) in [5.41, 5.74) is 8.52. The number of amides is 1. The zero-order chi connectivity index (χ0) is 26.4. The van der Waals surface area contributed by atoms with Gasteiger partial charge in [0.05, 0.1) is 17.2 Å². The van der Waals surface area contributed by atoms with Crippen LogP contribution >= 0.6 is 0 Å². The van der Waals surface area contributed by atoms with Crippen LogP contribution in [0, 0.1) is 0 Å². The summed E-state index contributed by atoms with van der Waals surface area (Å²) in [7, 11) is 0. The molecular formula is C29H33F3N4O. The van der Waals surface area contributed by atoms with E-state index in [1.165, 1.54) is 5.56 Å².